The Balaban J connectivity index is 2.09. The topological polar surface area (TPSA) is 12.0 Å². The highest BCUT2D eigenvalue weighted by molar-refractivity contribution is 5.27. The lowest BCUT2D eigenvalue weighted by Gasteiger charge is -2.25. The highest BCUT2D eigenvalue weighted by Gasteiger charge is 2.34. The lowest BCUT2D eigenvalue weighted by Crippen LogP contribution is -2.38. The molecule has 1 saturated carbocycles. The SMILES string of the molecule is CC1(NCc2ccc(F)c(C(F)(F)F)c2)CCCC1. The quantitative estimate of drug-likeness (QED) is 0.812. The molecule has 5 heteroatoms. The van der Waals surface area contributed by atoms with Crippen molar-refractivity contribution in [1.29, 1.82) is 0 Å². The third-order valence-electron chi connectivity index (χ3n) is 3.76. The van der Waals surface area contributed by atoms with Crippen molar-refractivity contribution < 1.29 is 17.6 Å². The van der Waals surface area contributed by atoms with Gasteiger partial charge in [0, 0.05) is 12.1 Å². The maximum absolute atomic E-state index is 13.1. The zero-order valence-corrected chi connectivity index (χ0v) is 10.8. The molecule has 0 unspecified atom stereocenters. The molecule has 0 amide bonds. The van der Waals surface area contributed by atoms with Gasteiger partial charge in [0.1, 0.15) is 5.82 Å². The molecule has 1 aliphatic rings. The maximum Gasteiger partial charge on any atom is 0.419 e. The average molecular weight is 275 g/mol. The summed E-state index contributed by atoms with van der Waals surface area (Å²) in [6.45, 7) is 2.41. The summed E-state index contributed by atoms with van der Waals surface area (Å²) < 4.78 is 50.9. The minimum absolute atomic E-state index is 0.00716. The number of alkyl halides is 3. The Kier molecular flexibility index (Phi) is 3.85. The van der Waals surface area contributed by atoms with Crippen LogP contribution in [0.2, 0.25) is 0 Å². The lowest BCUT2D eigenvalue weighted by atomic mass is 10.00. The molecule has 1 aromatic rings. The van der Waals surface area contributed by atoms with Crippen LogP contribution in [0.1, 0.15) is 43.7 Å². The van der Waals surface area contributed by atoms with Crippen LogP contribution in [0.3, 0.4) is 0 Å². The minimum Gasteiger partial charge on any atom is -0.307 e. The summed E-state index contributed by atoms with van der Waals surface area (Å²) in [5.74, 6) is -1.22. The van der Waals surface area contributed by atoms with Crippen LogP contribution in [0.4, 0.5) is 17.6 Å². The zero-order valence-electron chi connectivity index (χ0n) is 10.8. The van der Waals surface area contributed by atoms with Crippen LogP contribution in [-0.4, -0.2) is 5.54 Å². The maximum atomic E-state index is 13.1. The van der Waals surface area contributed by atoms with Gasteiger partial charge in [-0.3, -0.25) is 0 Å². The molecule has 19 heavy (non-hydrogen) atoms. The summed E-state index contributed by atoms with van der Waals surface area (Å²) in [6, 6.07) is 3.17. The van der Waals surface area contributed by atoms with Crippen LogP contribution in [0.15, 0.2) is 18.2 Å². The monoisotopic (exact) mass is 275 g/mol. The number of rotatable bonds is 3. The van der Waals surface area contributed by atoms with Crippen molar-refractivity contribution in [3.63, 3.8) is 0 Å². The molecule has 1 N–H and O–H groups in total. The van der Waals surface area contributed by atoms with Gasteiger partial charge in [-0.05, 0) is 37.5 Å². The average Bonchev–Trinajstić information content (AvgIpc) is 2.74. The number of nitrogens with one attached hydrogen (secondary N) is 1. The van der Waals surface area contributed by atoms with E-state index in [9.17, 15) is 17.6 Å². The van der Waals surface area contributed by atoms with E-state index in [1.54, 1.807) is 0 Å². The van der Waals surface area contributed by atoms with E-state index in [2.05, 4.69) is 12.2 Å². The minimum atomic E-state index is -4.64. The van der Waals surface area contributed by atoms with Crippen molar-refractivity contribution in [2.45, 2.75) is 50.9 Å². The van der Waals surface area contributed by atoms with Crippen LogP contribution in [0.25, 0.3) is 0 Å². The predicted octanol–water partition coefficient (Wildman–Crippen LogP) is 4.27. The fourth-order valence-corrected chi connectivity index (χ4v) is 2.55. The smallest absolute Gasteiger partial charge is 0.307 e. The van der Waals surface area contributed by atoms with E-state index >= 15 is 0 Å². The first-order chi connectivity index (χ1) is 8.80. The Morgan fingerprint density at radius 3 is 2.42 bits per heavy atom. The van der Waals surface area contributed by atoms with E-state index in [0.717, 1.165) is 37.8 Å². The molecule has 1 fully saturated rings. The molecule has 1 aliphatic carbocycles. The molecule has 0 radical (unpaired) electrons. The van der Waals surface area contributed by atoms with E-state index in [4.69, 9.17) is 0 Å². The van der Waals surface area contributed by atoms with E-state index in [-0.39, 0.29) is 5.54 Å². The predicted molar refractivity (Wildman–Crippen MR) is 65.1 cm³/mol. The first kappa shape index (κ1) is 14.3. The summed E-state index contributed by atoms with van der Waals surface area (Å²) in [6.07, 6.45) is -0.306. The molecule has 0 spiro atoms. The van der Waals surface area contributed by atoms with Gasteiger partial charge in [0.25, 0.3) is 0 Å². The number of hydrogen-bond acceptors (Lipinski definition) is 1. The van der Waals surface area contributed by atoms with Gasteiger partial charge < -0.3 is 5.32 Å². The molecular formula is C14H17F4N. The fourth-order valence-electron chi connectivity index (χ4n) is 2.55. The summed E-state index contributed by atoms with van der Waals surface area (Å²) >= 11 is 0. The standard InChI is InChI=1S/C14H17F4N/c1-13(6-2-3-7-13)19-9-10-4-5-12(15)11(8-10)14(16,17)18/h4-5,8,19H,2-3,6-7,9H2,1H3. The molecule has 0 aromatic heterocycles. The molecule has 0 heterocycles. The normalized spacial score (nSPS) is 18.8. The molecular weight excluding hydrogens is 258 g/mol. The van der Waals surface area contributed by atoms with Crippen LogP contribution < -0.4 is 5.32 Å². The van der Waals surface area contributed by atoms with Crippen molar-refractivity contribution >= 4 is 0 Å². The Bertz CT molecular complexity index is 447. The van der Waals surface area contributed by atoms with Crippen molar-refractivity contribution in [3.05, 3.63) is 35.1 Å². The molecule has 0 atom stereocenters. The molecule has 106 valence electrons. The Labute approximate surface area is 110 Å². The highest BCUT2D eigenvalue weighted by Crippen LogP contribution is 2.32. The van der Waals surface area contributed by atoms with E-state index in [0.29, 0.717) is 12.1 Å². The zero-order chi connectivity index (χ0) is 14.1. The molecule has 0 bridgehead atoms. The second-order valence-electron chi connectivity index (χ2n) is 5.43. The van der Waals surface area contributed by atoms with Gasteiger partial charge >= 0.3 is 6.18 Å². The Hall–Kier alpha value is -1.10. The molecule has 1 nitrogen and oxygen atoms in total. The van der Waals surface area contributed by atoms with Gasteiger partial charge in [0.2, 0.25) is 0 Å². The third-order valence-corrected chi connectivity index (χ3v) is 3.76. The van der Waals surface area contributed by atoms with Crippen LogP contribution in [0, 0.1) is 5.82 Å². The van der Waals surface area contributed by atoms with Crippen LogP contribution in [-0.2, 0) is 12.7 Å². The lowest BCUT2D eigenvalue weighted by molar-refractivity contribution is -0.140. The Morgan fingerprint density at radius 2 is 1.84 bits per heavy atom. The van der Waals surface area contributed by atoms with E-state index in [1.807, 2.05) is 0 Å². The van der Waals surface area contributed by atoms with Gasteiger partial charge in [-0.2, -0.15) is 13.2 Å². The van der Waals surface area contributed by atoms with Gasteiger partial charge in [-0.15, -0.1) is 0 Å². The van der Waals surface area contributed by atoms with Crippen molar-refractivity contribution in [2.24, 2.45) is 0 Å². The Morgan fingerprint density at radius 1 is 1.21 bits per heavy atom. The van der Waals surface area contributed by atoms with E-state index < -0.39 is 17.6 Å². The molecule has 0 saturated heterocycles. The number of halogens is 4. The highest BCUT2D eigenvalue weighted by atomic mass is 19.4. The summed E-state index contributed by atoms with van der Waals surface area (Å²) in [7, 11) is 0. The number of benzene rings is 1. The third kappa shape index (κ3) is 3.47. The van der Waals surface area contributed by atoms with Crippen LogP contribution in [0.5, 0.6) is 0 Å². The van der Waals surface area contributed by atoms with Gasteiger partial charge in [-0.25, -0.2) is 4.39 Å². The molecule has 0 aliphatic heterocycles. The second kappa shape index (κ2) is 5.12. The second-order valence-corrected chi connectivity index (χ2v) is 5.43. The summed E-state index contributed by atoms with van der Waals surface area (Å²) in [5.41, 5.74) is -0.738. The van der Waals surface area contributed by atoms with Gasteiger partial charge in [-0.1, -0.05) is 18.9 Å². The molecule has 1 aromatic carbocycles. The first-order valence-corrected chi connectivity index (χ1v) is 6.41. The number of hydrogen-bond donors (Lipinski definition) is 1. The van der Waals surface area contributed by atoms with Crippen LogP contribution >= 0.6 is 0 Å². The first-order valence-electron chi connectivity index (χ1n) is 6.41. The van der Waals surface area contributed by atoms with E-state index in [1.165, 1.54) is 6.07 Å². The summed E-state index contributed by atoms with van der Waals surface area (Å²) in [4.78, 5) is 0. The largest absolute Gasteiger partial charge is 0.419 e. The van der Waals surface area contributed by atoms with Gasteiger partial charge in [0.05, 0.1) is 5.56 Å². The van der Waals surface area contributed by atoms with Gasteiger partial charge in [0.15, 0.2) is 0 Å². The summed E-state index contributed by atoms with van der Waals surface area (Å²) in [5, 5.41) is 3.28. The molecule has 2 rings (SSSR count). The van der Waals surface area contributed by atoms with Crippen molar-refractivity contribution in [3.8, 4) is 0 Å². The van der Waals surface area contributed by atoms with Crippen molar-refractivity contribution in [2.75, 3.05) is 0 Å². The van der Waals surface area contributed by atoms with Crippen molar-refractivity contribution in [1.82, 2.24) is 5.32 Å². The fraction of sp³-hybridized carbons (Fsp3) is 0.571.